The topological polar surface area (TPSA) is 62.3 Å². The standard InChI is InChI=1S/C22H27N3O2S/c1-15-2-4-17(5-3-15)21-24-19(14-28-21)8-11-23-20(26)16-9-12-25(13-10-16)22(27)18-6-7-18/h2-5,14,16,18H,6-13H2,1H3,(H,23,26). The molecule has 148 valence electrons. The minimum absolute atomic E-state index is 0.0295. The lowest BCUT2D eigenvalue weighted by atomic mass is 9.95. The predicted molar refractivity (Wildman–Crippen MR) is 111 cm³/mol. The Bertz CT molecular complexity index is 834. The van der Waals surface area contributed by atoms with Crippen LogP contribution in [0.25, 0.3) is 10.6 Å². The number of amides is 2. The molecule has 1 aliphatic heterocycles. The molecule has 1 aliphatic carbocycles. The number of nitrogens with one attached hydrogen (secondary N) is 1. The van der Waals surface area contributed by atoms with Crippen molar-refractivity contribution in [2.75, 3.05) is 19.6 Å². The van der Waals surface area contributed by atoms with Crippen LogP contribution in [0.3, 0.4) is 0 Å². The van der Waals surface area contributed by atoms with E-state index in [1.54, 1.807) is 11.3 Å². The normalized spacial score (nSPS) is 17.5. The van der Waals surface area contributed by atoms with E-state index < -0.39 is 0 Å². The third-order valence-corrected chi connectivity index (χ3v) is 6.57. The highest BCUT2D eigenvalue weighted by atomic mass is 32.1. The minimum atomic E-state index is 0.0295. The van der Waals surface area contributed by atoms with Gasteiger partial charge in [0.05, 0.1) is 5.69 Å². The number of benzene rings is 1. The lowest BCUT2D eigenvalue weighted by Crippen LogP contribution is -2.43. The van der Waals surface area contributed by atoms with Gasteiger partial charge in [-0.05, 0) is 32.6 Å². The lowest BCUT2D eigenvalue weighted by Gasteiger charge is -2.31. The van der Waals surface area contributed by atoms with Crippen molar-refractivity contribution in [1.82, 2.24) is 15.2 Å². The molecule has 2 heterocycles. The largest absolute Gasteiger partial charge is 0.355 e. The van der Waals surface area contributed by atoms with Gasteiger partial charge in [0.2, 0.25) is 11.8 Å². The van der Waals surface area contributed by atoms with E-state index in [2.05, 4.69) is 41.9 Å². The Balaban J connectivity index is 1.20. The van der Waals surface area contributed by atoms with Crippen LogP contribution >= 0.6 is 11.3 Å². The number of piperidine rings is 1. The maximum Gasteiger partial charge on any atom is 0.225 e. The summed E-state index contributed by atoms with van der Waals surface area (Å²) in [6.07, 6.45) is 4.38. The van der Waals surface area contributed by atoms with Crippen molar-refractivity contribution >= 4 is 23.2 Å². The SMILES string of the molecule is Cc1ccc(-c2nc(CCNC(=O)C3CCN(C(=O)C4CC4)CC3)cs2)cc1. The summed E-state index contributed by atoms with van der Waals surface area (Å²) < 4.78 is 0. The summed E-state index contributed by atoms with van der Waals surface area (Å²) in [5.74, 6) is 0.717. The zero-order valence-corrected chi connectivity index (χ0v) is 17.1. The van der Waals surface area contributed by atoms with Crippen LogP contribution in [0.15, 0.2) is 29.6 Å². The summed E-state index contributed by atoms with van der Waals surface area (Å²) in [4.78, 5) is 31.2. The van der Waals surface area contributed by atoms with Gasteiger partial charge in [0, 0.05) is 48.8 Å². The summed E-state index contributed by atoms with van der Waals surface area (Å²) in [6.45, 7) is 4.13. The zero-order chi connectivity index (χ0) is 19.5. The first kappa shape index (κ1) is 19.1. The number of rotatable bonds is 6. The third kappa shape index (κ3) is 4.61. The van der Waals surface area contributed by atoms with Crippen LogP contribution in [0.2, 0.25) is 0 Å². The van der Waals surface area contributed by atoms with Gasteiger partial charge in [-0.15, -0.1) is 11.3 Å². The molecule has 4 rings (SSSR count). The second-order valence-corrected chi connectivity index (χ2v) is 8.78. The van der Waals surface area contributed by atoms with E-state index in [-0.39, 0.29) is 17.7 Å². The van der Waals surface area contributed by atoms with Gasteiger partial charge in [-0.25, -0.2) is 4.98 Å². The van der Waals surface area contributed by atoms with Gasteiger partial charge in [-0.3, -0.25) is 9.59 Å². The van der Waals surface area contributed by atoms with E-state index in [1.807, 2.05) is 4.90 Å². The number of nitrogens with zero attached hydrogens (tertiary/aromatic N) is 2. The quantitative estimate of drug-likeness (QED) is 0.812. The molecular formula is C22H27N3O2S. The summed E-state index contributed by atoms with van der Waals surface area (Å²) in [7, 11) is 0. The Hall–Kier alpha value is -2.21. The zero-order valence-electron chi connectivity index (χ0n) is 16.3. The van der Waals surface area contributed by atoms with E-state index in [0.717, 1.165) is 61.5 Å². The van der Waals surface area contributed by atoms with Crippen LogP contribution in [-0.4, -0.2) is 41.3 Å². The van der Waals surface area contributed by atoms with Gasteiger partial charge in [0.25, 0.3) is 0 Å². The highest BCUT2D eigenvalue weighted by Gasteiger charge is 2.35. The van der Waals surface area contributed by atoms with E-state index >= 15 is 0 Å². The molecule has 0 bridgehead atoms. The molecule has 6 heteroatoms. The van der Waals surface area contributed by atoms with Crippen LogP contribution in [0.4, 0.5) is 0 Å². The average molecular weight is 398 g/mol. The molecule has 2 fully saturated rings. The second kappa shape index (κ2) is 8.43. The fourth-order valence-electron chi connectivity index (χ4n) is 3.66. The maximum atomic E-state index is 12.4. The van der Waals surface area contributed by atoms with Gasteiger partial charge < -0.3 is 10.2 Å². The number of hydrogen-bond donors (Lipinski definition) is 1. The number of hydrogen-bond acceptors (Lipinski definition) is 4. The summed E-state index contributed by atoms with van der Waals surface area (Å²) >= 11 is 1.64. The molecule has 2 aromatic rings. The number of carbonyl (C=O) groups excluding carboxylic acids is 2. The molecule has 2 aliphatic rings. The van der Waals surface area contributed by atoms with Gasteiger partial charge in [-0.2, -0.15) is 0 Å². The van der Waals surface area contributed by atoms with Crippen molar-refractivity contribution in [3.63, 3.8) is 0 Å². The molecule has 0 spiro atoms. The smallest absolute Gasteiger partial charge is 0.225 e. The minimum Gasteiger partial charge on any atom is -0.355 e. The molecule has 1 saturated heterocycles. The number of thiazole rings is 1. The first-order chi connectivity index (χ1) is 13.6. The van der Waals surface area contributed by atoms with Crippen molar-refractivity contribution in [3.05, 3.63) is 40.9 Å². The number of aryl methyl sites for hydroxylation is 1. The van der Waals surface area contributed by atoms with E-state index in [4.69, 9.17) is 4.98 Å². The molecule has 2 amide bonds. The third-order valence-electron chi connectivity index (χ3n) is 5.63. The van der Waals surface area contributed by atoms with E-state index in [1.165, 1.54) is 5.56 Å². The number of carbonyl (C=O) groups is 2. The van der Waals surface area contributed by atoms with Crippen LogP contribution in [0, 0.1) is 18.8 Å². The van der Waals surface area contributed by atoms with Crippen LogP contribution in [0.5, 0.6) is 0 Å². The van der Waals surface area contributed by atoms with Crippen molar-refractivity contribution in [2.45, 2.75) is 39.0 Å². The summed E-state index contributed by atoms with van der Waals surface area (Å²) in [6, 6.07) is 8.39. The van der Waals surface area contributed by atoms with Crippen LogP contribution in [0.1, 0.15) is 36.9 Å². The molecule has 28 heavy (non-hydrogen) atoms. The van der Waals surface area contributed by atoms with Crippen molar-refractivity contribution < 1.29 is 9.59 Å². The molecule has 0 radical (unpaired) electrons. The number of aromatic nitrogens is 1. The van der Waals surface area contributed by atoms with Gasteiger partial charge in [0.1, 0.15) is 5.01 Å². The molecule has 0 unspecified atom stereocenters. The predicted octanol–water partition coefficient (Wildman–Crippen LogP) is 3.43. The molecule has 1 aromatic carbocycles. The molecular weight excluding hydrogens is 370 g/mol. The van der Waals surface area contributed by atoms with Gasteiger partial charge in [-0.1, -0.05) is 29.8 Å². The highest BCUT2D eigenvalue weighted by Crippen LogP contribution is 2.32. The lowest BCUT2D eigenvalue weighted by molar-refractivity contribution is -0.136. The van der Waals surface area contributed by atoms with Crippen LogP contribution in [-0.2, 0) is 16.0 Å². The van der Waals surface area contributed by atoms with Gasteiger partial charge >= 0.3 is 0 Å². The average Bonchev–Trinajstić information content (AvgIpc) is 3.47. The van der Waals surface area contributed by atoms with Crippen molar-refractivity contribution in [1.29, 1.82) is 0 Å². The first-order valence-corrected chi connectivity index (χ1v) is 11.1. The molecule has 0 atom stereocenters. The van der Waals surface area contributed by atoms with Crippen molar-refractivity contribution in [3.8, 4) is 10.6 Å². The van der Waals surface area contributed by atoms with E-state index in [9.17, 15) is 9.59 Å². The number of likely N-dealkylation sites (tertiary alicyclic amines) is 1. The monoisotopic (exact) mass is 397 g/mol. The molecule has 1 N–H and O–H groups in total. The summed E-state index contributed by atoms with van der Waals surface area (Å²) in [5.41, 5.74) is 3.40. The Labute approximate surface area is 170 Å². The fourth-order valence-corrected chi connectivity index (χ4v) is 4.52. The Kier molecular flexibility index (Phi) is 5.76. The van der Waals surface area contributed by atoms with Crippen molar-refractivity contribution in [2.24, 2.45) is 11.8 Å². The van der Waals surface area contributed by atoms with E-state index in [0.29, 0.717) is 12.5 Å². The first-order valence-electron chi connectivity index (χ1n) is 10.2. The molecule has 1 aromatic heterocycles. The molecule has 1 saturated carbocycles. The highest BCUT2D eigenvalue weighted by molar-refractivity contribution is 7.13. The fraction of sp³-hybridized carbons (Fsp3) is 0.500. The van der Waals surface area contributed by atoms with Crippen LogP contribution < -0.4 is 5.32 Å². The Morgan fingerprint density at radius 2 is 1.82 bits per heavy atom. The molecule has 5 nitrogen and oxygen atoms in total. The Morgan fingerprint density at radius 1 is 1.11 bits per heavy atom. The second-order valence-electron chi connectivity index (χ2n) is 7.92. The Morgan fingerprint density at radius 3 is 2.50 bits per heavy atom. The maximum absolute atomic E-state index is 12.4. The van der Waals surface area contributed by atoms with Gasteiger partial charge in [0.15, 0.2) is 0 Å². The summed E-state index contributed by atoms with van der Waals surface area (Å²) in [5, 5.41) is 6.15.